The van der Waals surface area contributed by atoms with Gasteiger partial charge in [0.15, 0.2) is 11.9 Å². The van der Waals surface area contributed by atoms with Crippen molar-refractivity contribution >= 4 is 11.9 Å². The van der Waals surface area contributed by atoms with Crippen molar-refractivity contribution in [1.29, 1.82) is 0 Å². The normalized spacial score (nSPS) is 16.2. The molecule has 0 aliphatic carbocycles. The lowest BCUT2D eigenvalue weighted by Crippen LogP contribution is -2.38. The zero-order valence-corrected chi connectivity index (χ0v) is 10.7. The van der Waals surface area contributed by atoms with Gasteiger partial charge in [-0.1, -0.05) is 0 Å². The van der Waals surface area contributed by atoms with Crippen LogP contribution in [0.5, 0.6) is 5.75 Å². The lowest BCUT2D eigenvalue weighted by Gasteiger charge is -2.21. The summed E-state index contributed by atoms with van der Waals surface area (Å²) in [5.74, 6) is -1.09. The van der Waals surface area contributed by atoms with Gasteiger partial charge >= 0.3 is 5.97 Å². The summed E-state index contributed by atoms with van der Waals surface area (Å²) < 4.78 is 5.45. The molecule has 1 fully saturated rings. The van der Waals surface area contributed by atoms with Crippen molar-refractivity contribution in [3.63, 3.8) is 0 Å². The van der Waals surface area contributed by atoms with Crippen molar-refractivity contribution in [2.24, 2.45) is 0 Å². The van der Waals surface area contributed by atoms with Crippen LogP contribution in [0.4, 0.5) is 0 Å². The van der Waals surface area contributed by atoms with Gasteiger partial charge in [-0.05, 0) is 25.8 Å². The minimum atomic E-state index is -1.10. The quantitative estimate of drug-likeness (QED) is 0.883. The van der Waals surface area contributed by atoms with Crippen molar-refractivity contribution in [3.05, 3.63) is 24.0 Å². The zero-order chi connectivity index (χ0) is 13.8. The van der Waals surface area contributed by atoms with Gasteiger partial charge in [-0.15, -0.1) is 0 Å². The number of carboxylic acid groups (broad SMARTS) is 1. The number of amides is 1. The maximum Gasteiger partial charge on any atom is 0.339 e. The lowest BCUT2D eigenvalue weighted by atomic mass is 10.2. The summed E-state index contributed by atoms with van der Waals surface area (Å²) in [5, 5.41) is 9.03. The molecule has 2 rings (SSSR count). The third-order valence-corrected chi connectivity index (χ3v) is 3.08. The second-order valence-electron chi connectivity index (χ2n) is 4.47. The number of likely N-dealkylation sites (tertiary alicyclic amines) is 1. The summed E-state index contributed by atoms with van der Waals surface area (Å²) in [5.41, 5.74) is 0.0103. The molecular weight excluding hydrogens is 248 g/mol. The van der Waals surface area contributed by atoms with Gasteiger partial charge in [0.1, 0.15) is 5.56 Å². The Balaban J connectivity index is 2.08. The van der Waals surface area contributed by atoms with E-state index < -0.39 is 12.1 Å². The number of carboxylic acids is 1. The van der Waals surface area contributed by atoms with E-state index in [2.05, 4.69) is 4.98 Å². The van der Waals surface area contributed by atoms with Crippen LogP contribution in [-0.4, -0.2) is 46.1 Å². The van der Waals surface area contributed by atoms with Crippen LogP contribution in [0.1, 0.15) is 30.1 Å². The predicted molar refractivity (Wildman–Crippen MR) is 67.1 cm³/mol. The first-order valence-electron chi connectivity index (χ1n) is 6.22. The SMILES string of the molecule is CC(Oc1cnccc1C(=O)O)C(=O)N1CCCC1. The number of carbonyl (C=O) groups excluding carboxylic acids is 1. The van der Waals surface area contributed by atoms with Gasteiger partial charge in [0, 0.05) is 19.3 Å². The topological polar surface area (TPSA) is 79.7 Å². The number of hydrogen-bond acceptors (Lipinski definition) is 4. The minimum absolute atomic E-state index is 0.0103. The van der Waals surface area contributed by atoms with Crippen LogP contribution in [0.3, 0.4) is 0 Å². The van der Waals surface area contributed by atoms with E-state index in [4.69, 9.17) is 9.84 Å². The standard InChI is InChI=1S/C13H16N2O4/c1-9(12(16)15-6-2-3-7-15)19-11-8-14-5-4-10(11)13(17)18/h4-5,8-9H,2-3,6-7H2,1H3,(H,17,18). The number of rotatable bonds is 4. The number of nitrogens with zero attached hydrogens (tertiary/aromatic N) is 2. The number of ether oxygens (including phenoxy) is 1. The molecule has 1 atom stereocenters. The monoisotopic (exact) mass is 264 g/mol. The molecule has 6 nitrogen and oxygen atoms in total. The van der Waals surface area contributed by atoms with Crippen LogP contribution < -0.4 is 4.74 Å². The summed E-state index contributed by atoms with van der Waals surface area (Å²) >= 11 is 0. The molecule has 0 saturated carbocycles. The second-order valence-corrected chi connectivity index (χ2v) is 4.47. The zero-order valence-electron chi connectivity index (χ0n) is 10.7. The van der Waals surface area contributed by atoms with Crippen molar-refractivity contribution in [2.45, 2.75) is 25.9 Å². The molecule has 19 heavy (non-hydrogen) atoms. The maximum atomic E-state index is 12.1. The Labute approximate surface area is 111 Å². The molecule has 1 amide bonds. The molecule has 1 aliphatic rings. The van der Waals surface area contributed by atoms with Gasteiger partial charge in [-0.3, -0.25) is 9.78 Å². The average Bonchev–Trinajstić information content (AvgIpc) is 2.92. The molecule has 102 valence electrons. The van der Waals surface area contributed by atoms with Crippen molar-refractivity contribution in [2.75, 3.05) is 13.1 Å². The largest absolute Gasteiger partial charge is 0.478 e. The van der Waals surface area contributed by atoms with Crippen molar-refractivity contribution < 1.29 is 19.4 Å². The Morgan fingerprint density at radius 3 is 2.74 bits per heavy atom. The summed E-state index contributed by atoms with van der Waals surface area (Å²) in [6, 6.07) is 1.35. The number of pyridine rings is 1. The highest BCUT2D eigenvalue weighted by Crippen LogP contribution is 2.19. The third-order valence-electron chi connectivity index (χ3n) is 3.08. The second kappa shape index (κ2) is 5.69. The van der Waals surface area contributed by atoms with Crippen molar-refractivity contribution in [3.8, 4) is 5.75 Å². The summed E-state index contributed by atoms with van der Waals surface area (Å²) in [6.07, 6.45) is 4.00. The Morgan fingerprint density at radius 1 is 1.42 bits per heavy atom. The summed E-state index contributed by atoms with van der Waals surface area (Å²) in [7, 11) is 0. The molecule has 0 bridgehead atoms. The molecular formula is C13H16N2O4. The van der Waals surface area contributed by atoms with E-state index >= 15 is 0 Å². The smallest absolute Gasteiger partial charge is 0.339 e. The van der Waals surface area contributed by atoms with Crippen LogP contribution in [0.2, 0.25) is 0 Å². The molecule has 0 radical (unpaired) electrons. The highest BCUT2D eigenvalue weighted by atomic mass is 16.5. The Kier molecular flexibility index (Phi) is 3.99. The fourth-order valence-electron chi connectivity index (χ4n) is 2.09. The third kappa shape index (κ3) is 3.01. The van der Waals surface area contributed by atoms with E-state index in [0.717, 1.165) is 25.9 Å². The number of hydrogen-bond donors (Lipinski definition) is 1. The van der Waals surface area contributed by atoms with E-state index in [1.807, 2.05) is 0 Å². The molecule has 1 unspecified atom stereocenters. The van der Waals surface area contributed by atoms with E-state index in [-0.39, 0.29) is 17.2 Å². The van der Waals surface area contributed by atoms with Crippen LogP contribution in [0.25, 0.3) is 0 Å². The van der Waals surface area contributed by atoms with Crippen LogP contribution >= 0.6 is 0 Å². The molecule has 6 heteroatoms. The molecule has 1 aromatic rings. The van der Waals surface area contributed by atoms with Gasteiger partial charge in [0.05, 0.1) is 6.20 Å². The van der Waals surface area contributed by atoms with Crippen LogP contribution in [-0.2, 0) is 4.79 Å². The number of carbonyl (C=O) groups is 2. The first-order valence-corrected chi connectivity index (χ1v) is 6.22. The highest BCUT2D eigenvalue weighted by molar-refractivity contribution is 5.91. The number of aromatic carboxylic acids is 1. The van der Waals surface area contributed by atoms with E-state index in [0.29, 0.717) is 0 Å². The molecule has 1 N–H and O–H groups in total. The molecule has 1 saturated heterocycles. The van der Waals surface area contributed by atoms with Gasteiger partial charge in [-0.25, -0.2) is 4.79 Å². The average molecular weight is 264 g/mol. The van der Waals surface area contributed by atoms with Crippen LogP contribution in [0, 0.1) is 0 Å². The Morgan fingerprint density at radius 2 is 2.11 bits per heavy atom. The fourth-order valence-corrected chi connectivity index (χ4v) is 2.09. The fraction of sp³-hybridized carbons (Fsp3) is 0.462. The van der Waals surface area contributed by atoms with E-state index in [1.165, 1.54) is 18.5 Å². The van der Waals surface area contributed by atoms with Gasteiger partial charge < -0.3 is 14.7 Å². The lowest BCUT2D eigenvalue weighted by molar-refractivity contribution is -0.136. The van der Waals surface area contributed by atoms with Gasteiger partial charge in [0.2, 0.25) is 0 Å². The Hall–Kier alpha value is -2.11. The summed E-state index contributed by atoms with van der Waals surface area (Å²) in [4.78, 5) is 28.7. The molecule has 2 heterocycles. The van der Waals surface area contributed by atoms with Gasteiger partial charge in [0.25, 0.3) is 5.91 Å². The molecule has 1 aromatic heterocycles. The number of aromatic nitrogens is 1. The maximum absolute atomic E-state index is 12.1. The summed E-state index contributed by atoms with van der Waals surface area (Å²) in [6.45, 7) is 3.11. The van der Waals surface area contributed by atoms with Gasteiger partial charge in [-0.2, -0.15) is 0 Å². The molecule has 0 aromatic carbocycles. The first-order chi connectivity index (χ1) is 9.09. The first kappa shape index (κ1) is 13.3. The Bertz CT molecular complexity index is 483. The van der Waals surface area contributed by atoms with E-state index in [9.17, 15) is 9.59 Å². The van der Waals surface area contributed by atoms with Crippen molar-refractivity contribution in [1.82, 2.24) is 9.88 Å². The predicted octanol–water partition coefficient (Wildman–Crippen LogP) is 1.17. The highest BCUT2D eigenvalue weighted by Gasteiger charge is 2.25. The minimum Gasteiger partial charge on any atom is -0.478 e. The van der Waals surface area contributed by atoms with E-state index in [1.54, 1.807) is 11.8 Å². The molecule has 1 aliphatic heterocycles. The van der Waals surface area contributed by atoms with Crippen LogP contribution in [0.15, 0.2) is 18.5 Å². The molecule has 0 spiro atoms.